The van der Waals surface area contributed by atoms with Crippen molar-refractivity contribution in [3.63, 3.8) is 0 Å². The lowest BCUT2D eigenvalue weighted by Crippen LogP contribution is -2.49. The normalized spacial score (nSPS) is 15.8. The molecule has 0 aromatic carbocycles. The van der Waals surface area contributed by atoms with E-state index in [1.807, 2.05) is 27.7 Å². The number of rotatable bonds is 5. The van der Waals surface area contributed by atoms with Gasteiger partial charge >= 0.3 is 0 Å². The lowest BCUT2D eigenvalue weighted by Gasteiger charge is -2.35. The quantitative estimate of drug-likeness (QED) is 0.780. The summed E-state index contributed by atoms with van der Waals surface area (Å²) in [6.07, 6.45) is 0. The molecule has 0 atom stereocenters. The third-order valence-corrected chi connectivity index (χ3v) is 5.91. The minimum Gasteiger partial charge on any atom is -0.365 e. The Kier molecular flexibility index (Phi) is 5.85. The highest BCUT2D eigenvalue weighted by atomic mass is 32.1. The molecule has 3 heterocycles. The molecule has 0 bridgehead atoms. The van der Waals surface area contributed by atoms with Gasteiger partial charge in [0, 0.05) is 44.7 Å². The highest BCUT2D eigenvalue weighted by molar-refractivity contribution is 7.21. The van der Waals surface area contributed by atoms with Gasteiger partial charge in [-0.15, -0.1) is 11.3 Å². The molecule has 28 heavy (non-hydrogen) atoms. The summed E-state index contributed by atoms with van der Waals surface area (Å²) in [4.78, 5) is 37.7. The second kappa shape index (κ2) is 8.00. The Balaban J connectivity index is 1.62. The van der Waals surface area contributed by atoms with Gasteiger partial charge in [0.25, 0.3) is 5.91 Å². The number of hydrogen-bond acceptors (Lipinski definition) is 7. The number of carbonyl (C=O) groups excluding carboxylic acids is 2. The number of thiophene rings is 1. The Labute approximate surface area is 169 Å². The summed E-state index contributed by atoms with van der Waals surface area (Å²) in [7, 11) is 0. The molecule has 2 aromatic rings. The van der Waals surface area contributed by atoms with Crippen molar-refractivity contribution in [2.45, 2.75) is 27.7 Å². The Hall–Kier alpha value is -2.26. The number of carbonyl (C=O) groups is 2. The maximum atomic E-state index is 12.0. The van der Waals surface area contributed by atoms with Crippen molar-refractivity contribution in [3.8, 4) is 0 Å². The number of nitrogens with two attached hydrogens (primary N) is 1. The Bertz CT molecular complexity index is 880. The Morgan fingerprint density at radius 3 is 2.50 bits per heavy atom. The molecule has 3 N–H and O–H groups in total. The summed E-state index contributed by atoms with van der Waals surface area (Å²) in [6, 6.07) is 1.74. The lowest BCUT2D eigenvalue weighted by atomic mass is 9.96. The highest BCUT2D eigenvalue weighted by Gasteiger charge is 2.24. The van der Waals surface area contributed by atoms with Crippen molar-refractivity contribution in [1.82, 2.24) is 20.2 Å². The average Bonchev–Trinajstić information content (AvgIpc) is 3.05. The summed E-state index contributed by atoms with van der Waals surface area (Å²) >= 11 is 1.35. The smallest absolute Gasteiger partial charge is 0.258 e. The second-order valence-corrected chi connectivity index (χ2v) is 9.17. The Morgan fingerprint density at radius 1 is 1.21 bits per heavy atom. The minimum atomic E-state index is -0.436. The summed E-state index contributed by atoms with van der Waals surface area (Å²) in [5.41, 5.74) is 5.84. The number of nitrogens with zero attached hydrogens (tertiary/aromatic N) is 4. The van der Waals surface area contributed by atoms with Crippen molar-refractivity contribution in [1.29, 1.82) is 0 Å². The fourth-order valence-corrected chi connectivity index (χ4v) is 4.11. The number of amides is 2. The number of piperazine rings is 1. The van der Waals surface area contributed by atoms with Gasteiger partial charge in [-0.1, -0.05) is 20.8 Å². The van der Waals surface area contributed by atoms with E-state index in [0.29, 0.717) is 17.2 Å². The maximum Gasteiger partial charge on any atom is 0.258 e. The molecular formula is C19H28N6O2S. The van der Waals surface area contributed by atoms with E-state index in [-0.39, 0.29) is 11.3 Å². The molecular weight excluding hydrogens is 376 g/mol. The van der Waals surface area contributed by atoms with Crippen LogP contribution in [0.1, 0.15) is 36.3 Å². The van der Waals surface area contributed by atoms with Crippen LogP contribution in [0.25, 0.3) is 10.2 Å². The van der Waals surface area contributed by atoms with Crippen LogP contribution in [0.15, 0.2) is 6.07 Å². The van der Waals surface area contributed by atoms with E-state index in [4.69, 9.17) is 5.73 Å². The zero-order valence-corrected chi connectivity index (χ0v) is 17.7. The standard InChI is InChI=1S/C19H28N6O2S/c1-12-22-13-11-14(16(20)26)28-15(13)17(23-12)25-9-7-24(8-10-25)6-5-21-18(27)19(2,3)4/h11H,5-10H2,1-4H3,(H2,20,26)(H,21,27). The molecule has 2 aromatic heterocycles. The molecule has 0 spiro atoms. The first kappa shape index (κ1) is 20.5. The highest BCUT2D eigenvalue weighted by Crippen LogP contribution is 2.32. The summed E-state index contributed by atoms with van der Waals surface area (Å²) in [5.74, 6) is 1.20. The number of fused-ring (bicyclic) bond motifs is 1. The maximum absolute atomic E-state index is 12.0. The van der Waals surface area contributed by atoms with Gasteiger partial charge in [0.05, 0.1) is 15.1 Å². The van der Waals surface area contributed by atoms with Crippen LogP contribution in [-0.4, -0.2) is 66.0 Å². The molecule has 152 valence electrons. The molecule has 2 amide bonds. The molecule has 1 aliphatic rings. The van der Waals surface area contributed by atoms with Gasteiger partial charge in [0.1, 0.15) is 11.6 Å². The number of nitrogens with one attached hydrogen (secondary N) is 1. The first-order valence-electron chi connectivity index (χ1n) is 9.49. The number of primary amides is 1. The predicted molar refractivity (Wildman–Crippen MR) is 112 cm³/mol. The van der Waals surface area contributed by atoms with Gasteiger partial charge in [-0.05, 0) is 13.0 Å². The molecule has 0 aliphatic carbocycles. The van der Waals surface area contributed by atoms with Crippen LogP contribution < -0.4 is 16.0 Å². The van der Waals surface area contributed by atoms with Crippen LogP contribution in [0, 0.1) is 12.3 Å². The molecule has 0 unspecified atom stereocenters. The summed E-state index contributed by atoms with van der Waals surface area (Å²) in [6.45, 7) is 12.6. The van der Waals surface area contributed by atoms with Crippen molar-refractivity contribution in [3.05, 3.63) is 16.8 Å². The zero-order chi connectivity index (χ0) is 20.5. The van der Waals surface area contributed by atoms with Gasteiger partial charge in [-0.3, -0.25) is 14.5 Å². The molecule has 1 fully saturated rings. The van der Waals surface area contributed by atoms with Crippen LogP contribution in [0.4, 0.5) is 5.82 Å². The van der Waals surface area contributed by atoms with Crippen molar-refractivity contribution in [2.75, 3.05) is 44.2 Å². The molecule has 1 aliphatic heterocycles. The number of aromatic nitrogens is 2. The minimum absolute atomic E-state index is 0.0768. The van der Waals surface area contributed by atoms with Crippen LogP contribution in [-0.2, 0) is 4.79 Å². The Morgan fingerprint density at radius 2 is 1.89 bits per heavy atom. The van der Waals surface area contributed by atoms with Gasteiger partial charge in [-0.2, -0.15) is 0 Å². The number of anilines is 1. The van der Waals surface area contributed by atoms with Crippen LogP contribution in [0.3, 0.4) is 0 Å². The largest absolute Gasteiger partial charge is 0.365 e. The van der Waals surface area contributed by atoms with Gasteiger partial charge in [0.2, 0.25) is 5.91 Å². The predicted octanol–water partition coefficient (Wildman–Crippen LogP) is 1.38. The molecule has 3 rings (SSSR count). The van der Waals surface area contributed by atoms with E-state index in [1.54, 1.807) is 6.07 Å². The third kappa shape index (κ3) is 4.59. The number of hydrogen-bond donors (Lipinski definition) is 2. The van der Waals surface area contributed by atoms with Crippen LogP contribution in [0.2, 0.25) is 0 Å². The van der Waals surface area contributed by atoms with E-state index < -0.39 is 5.91 Å². The van der Waals surface area contributed by atoms with E-state index in [1.165, 1.54) is 11.3 Å². The van der Waals surface area contributed by atoms with Crippen molar-refractivity contribution in [2.24, 2.45) is 11.1 Å². The molecule has 8 nitrogen and oxygen atoms in total. The third-order valence-electron chi connectivity index (χ3n) is 4.77. The van der Waals surface area contributed by atoms with E-state index >= 15 is 0 Å². The number of aryl methyl sites for hydroxylation is 1. The first-order valence-corrected chi connectivity index (χ1v) is 10.3. The van der Waals surface area contributed by atoms with Crippen LogP contribution in [0.5, 0.6) is 0 Å². The van der Waals surface area contributed by atoms with Gasteiger partial charge < -0.3 is 16.0 Å². The van der Waals surface area contributed by atoms with Crippen LogP contribution >= 0.6 is 11.3 Å². The SMILES string of the molecule is Cc1nc(N2CCN(CCNC(=O)C(C)(C)C)CC2)c2sc(C(N)=O)cc2n1. The molecule has 0 radical (unpaired) electrons. The molecule has 0 saturated carbocycles. The fraction of sp³-hybridized carbons (Fsp3) is 0.579. The van der Waals surface area contributed by atoms with Crippen molar-refractivity contribution < 1.29 is 9.59 Å². The zero-order valence-electron chi connectivity index (χ0n) is 16.9. The molecule has 1 saturated heterocycles. The van der Waals surface area contributed by atoms with E-state index in [9.17, 15) is 9.59 Å². The topological polar surface area (TPSA) is 104 Å². The second-order valence-electron chi connectivity index (χ2n) is 8.12. The molecule has 9 heteroatoms. The monoisotopic (exact) mass is 404 g/mol. The summed E-state index contributed by atoms with van der Waals surface area (Å²) in [5, 5.41) is 3.00. The van der Waals surface area contributed by atoms with E-state index in [0.717, 1.165) is 48.8 Å². The average molecular weight is 405 g/mol. The fourth-order valence-electron chi connectivity index (χ4n) is 3.14. The summed E-state index contributed by atoms with van der Waals surface area (Å²) < 4.78 is 0.908. The van der Waals surface area contributed by atoms with E-state index in [2.05, 4.69) is 25.1 Å². The van der Waals surface area contributed by atoms with Gasteiger partial charge in [0.15, 0.2) is 0 Å². The van der Waals surface area contributed by atoms with Gasteiger partial charge in [-0.25, -0.2) is 9.97 Å². The first-order chi connectivity index (χ1) is 13.1. The van der Waals surface area contributed by atoms with Crippen molar-refractivity contribution >= 4 is 39.2 Å². The lowest BCUT2D eigenvalue weighted by molar-refractivity contribution is -0.128.